The van der Waals surface area contributed by atoms with E-state index in [0.717, 1.165) is 12.3 Å². The average molecular weight is 126 g/mol. The lowest BCUT2D eigenvalue weighted by molar-refractivity contribution is 0.131. The van der Waals surface area contributed by atoms with Gasteiger partial charge in [-0.2, -0.15) is 5.10 Å². The summed E-state index contributed by atoms with van der Waals surface area (Å²) in [5.74, 6) is 0. The molecule has 0 bridgehead atoms. The van der Waals surface area contributed by atoms with Gasteiger partial charge < -0.3 is 4.74 Å². The third-order valence-electron chi connectivity index (χ3n) is 1.01. The quantitative estimate of drug-likeness (QED) is 0.654. The number of nitrogens with zero attached hydrogens (tertiary/aromatic N) is 1. The molecule has 0 fully saturated rings. The Morgan fingerprint density at radius 2 is 2.67 bits per heavy atom. The maximum Gasteiger partial charge on any atom is 0.0906 e. The Bertz CT molecular complexity index is 148. The van der Waals surface area contributed by atoms with E-state index in [9.17, 15) is 0 Å². The van der Waals surface area contributed by atoms with Gasteiger partial charge in [0, 0.05) is 12.8 Å². The average Bonchev–Trinajstić information content (AvgIpc) is 2.34. The van der Waals surface area contributed by atoms with Crippen LogP contribution in [-0.4, -0.2) is 16.8 Å². The lowest BCUT2D eigenvalue weighted by Crippen LogP contribution is -1.91. The second kappa shape index (κ2) is 3.25. The summed E-state index contributed by atoms with van der Waals surface area (Å²) in [4.78, 5) is 0. The Balaban J connectivity index is 2.30. The zero-order chi connectivity index (χ0) is 6.53. The molecule has 0 saturated carbocycles. The molecule has 0 aliphatic heterocycles. The Kier molecular flexibility index (Phi) is 2.27. The highest BCUT2D eigenvalue weighted by atomic mass is 16.5. The molecule has 1 N–H and O–H groups in total. The van der Waals surface area contributed by atoms with Crippen molar-refractivity contribution in [3.63, 3.8) is 0 Å². The minimum absolute atomic E-state index is 0.611. The van der Waals surface area contributed by atoms with Crippen molar-refractivity contribution in [2.45, 2.75) is 13.5 Å². The van der Waals surface area contributed by atoms with Crippen molar-refractivity contribution in [1.82, 2.24) is 10.2 Å². The van der Waals surface area contributed by atoms with Crippen molar-refractivity contribution in [1.29, 1.82) is 0 Å². The number of aromatic nitrogens is 2. The van der Waals surface area contributed by atoms with Crippen molar-refractivity contribution < 1.29 is 4.74 Å². The summed E-state index contributed by atoms with van der Waals surface area (Å²) in [6.07, 6.45) is 1.79. The van der Waals surface area contributed by atoms with Gasteiger partial charge in [-0.3, -0.25) is 5.10 Å². The standard InChI is InChI=1S/C6H10N2O/c1-2-9-5-6-3-4-7-8-6/h3-4H,2,5H2,1H3,(H,7,8). The van der Waals surface area contributed by atoms with Gasteiger partial charge in [0.1, 0.15) is 0 Å². The molecule has 9 heavy (non-hydrogen) atoms. The molecule has 3 nitrogen and oxygen atoms in total. The van der Waals surface area contributed by atoms with Crippen molar-refractivity contribution in [3.8, 4) is 0 Å². The molecule has 3 heteroatoms. The van der Waals surface area contributed by atoms with E-state index in [2.05, 4.69) is 10.2 Å². The van der Waals surface area contributed by atoms with Crippen LogP contribution in [0.15, 0.2) is 12.3 Å². The summed E-state index contributed by atoms with van der Waals surface area (Å²) in [6, 6.07) is 1.90. The first-order valence-corrected chi connectivity index (χ1v) is 3.00. The van der Waals surface area contributed by atoms with Crippen molar-refractivity contribution >= 4 is 0 Å². The largest absolute Gasteiger partial charge is 0.375 e. The van der Waals surface area contributed by atoms with Crippen LogP contribution in [0.3, 0.4) is 0 Å². The molecule has 1 heterocycles. The fourth-order valence-corrected chi connectivity index (χ4v) is 0.578. The summed E-state index contributed by atoms with van der Waals surface area (Å²) in [5.41, 5.74) is 0.955. The molecule has 0 aliphatic rings. The second-order valence-corrected chi connectivity index (χ2v) is 1.70. The Hall–Kier alpha value is -0.830. The first kappa shape index (κ1) is 6.29. The monoisotopic (exact) mass is 126 g/mol. The summed E-state index contributed by atoms with van der Waals surface area (Å²) < 4.78 is 5.10. The van der Waals surface area contributed by atoms with Gasteiger partial charge >= 0.3 is 0 Å². The number of ether oxygens (including phenoxy) is 1. The van der Waals surface area contributed by atoms with Crippen LogP contribution in [0.4, 0.5) is 0 Å². The molecule has 50 valence electrons. The molecule has 1 rings (SSSR count). The van der Waals surface area contributed by atoms with E-state index < -0.39 is 0 Å². The van der Waals surface area contributed by atoms with Crippen molar-refractivity contribution in [3.05, 3.63) is 18.0 Å². The predicted molar refractivity (Wildman–Crippen MR) is 33.9 cm³/mol. The highest BCUT2D eigenvalue weighted by molar-refractivity contribution is 4.94. The summed E-state index contributed by atoms with van der Waals surface area (Å²) in [5, 5.41) is 6.61. The van der Waals surface area contributed by atoms with Gasteiger partial charge in [-0.1, -0.05) is 0 Å². The summed E-state index contributed by atoms with van der Waals surface area (Å²) >= 11 is 0. The molecule has 1 aromatic heterocycles. The van der Waals surface area contributed by atoms with Crippen LogP contribution in [-0.2, 0) is 11.3 Å². The summed E-state index contributed by atoms with van der Waals surface area (Å²) in [7, 11) is 0. The molecule has 0 radical (unpaired) electrons. The van der Waals surface area contributed by atoms with Crippen molar-refractivity contribution in [2.75, 3.05) is 6.61 Å². The highest BCUT2D eigenvalue weighted by Crippen LogP contribution is 1.92. The topological polar surface area (TPSA) is 37.9 Å². The van der Waals surface area contributed by atoms with Crippen LogP contribution < -0.4 is 0 Å². The molecular weight excluding hydrogens is 116 g/mol. The first-order chi connectivity index (χ1) is 4.43. The van der Waals surface area contributed by atoms with E-state index in [1.165, 1.54) is 0 Å². The molecule has 0 atom stereocenters. The van der Waals surface area contributed by atoms with E-state index in [1.807, 2.05) is 13.0 Å². The third kappa shape index (κ3) is 1.85. The van der Waals surface area contributed by atoms with Crippen LogP contribution in [0.2, 0.25) is 0 Å². The van der Waals surface area contributed by atoms with Gasteiger partial charge in [-0.15, -0.1) is 0 Å². The van der Waals surface area contributed by atoms with Gasteiger partial charge in [-0.05, 0) is 13.0 Å². The van der Waals surface area contributed by atoms with Crippen LogP contribution in [0.1, 0.15) is 12.6 Å². The van der Waals surface area contributed by atoms with Crippen LogP contribution in [0.5, 0.6) is 0 Å². The first-order valence-electron chi connectivity index (χ1n) is 3.00. The van der Waals surface area contributed by atoms with Gasteiger partial charge in [0.25, 0.3) is 0 Å². The molecule has 0 amide bonds. The molecule has 1 aromatic rings. The smallest absolute Gasteiger partial charge is 0.0906 e. The molecule has 0 aromatic carbocycles. The lowest BCUT2D eigenvalue weighted by atomic mass is 10.5. The second-order valence-electron chi connectivity index (χ2n) is 1.70. The van der Waals surface area contributed by atoms with Gasteiger partial charge in [0.15, 0.2) is 0 Å². The van der Waals surface area contributed by atoms with Gasteiger partial charge in [-0.25, -0.2) is 0 Å². The Labute approximate surface area is 54.0 Å². The Morgan fingerprint density at radius 3 is 3.22 bits per heavy atom. The molecule has 0 aliphatic carbocycles. The van der Waals surface area contributed by atoms with E-state index in [-0.39, 0.29) is 0 Å². The minimum atomic E-state index is 0.611. The number of rotatable bonds is 3. The van der Waals surface area contributed by atoms with E-state index in [0.29, 0.717) is 6.61 Å². The number of hydrogen-bond acceptors (Lipinski definition) is 2. The maximum absolute atomic E-state index is 5.10. The zero-order valence-corrected chi connectivity index (χ0v) is 5.42. The normalized spacial score (nSPS) is 9.89. The number of hydrogen-bond donors (Lipinski definition) is 1. The number of aromatic amines is 1. The molecule has 0 spiro atoms. The van der Waals surface area contributed by atoms with Crippen LogP contribution in [0.25, 0.3) is 0 Å². The zero-order valence-electron chi connectivity index (χ0n) is 5.42. The number of nitrogens with one attached hydrogen (secondary N) is 1. The highest BCUT2D eigenvalue weighted by Gasteiger charge is 1.90. The fourth-order valence-electron chi connectivity index (χ4n) is 0.578. The van der Waals surface area contributed by atoms with Gasteiger partial charge in [0.2, 0.25) is 0 Å². The fraction of sp³-hybridized carbons (Fsp3) is 0.500. The van der Waals surface area contributed by atoms with Crippen LogP contribution >= 0.6 is 0 Å². The molecule has 0 saturated heterocycles. The maximum atomic E-state index is 5.10. The SMILES string of the molecule is CCOCc1cc[nH]n1. The Morgan fingerprint density at radius 1 is 1.78 bits per heavy atom. The van der Waals surface area contributed by atoms with Gasteiger partial charge in [0.05, 0.1) is 12.3 Å². The predicted octanol–water partition coefficient (Wildman–Crippen LogP) is 0.946. The van der Waals surface area contributed by atoms with E-state index >= 15 is 0 Å². The third-order valence-corrected chi connectivity index (χ3v) is 1.01. The summed E-state index contributed by atoms with van der Waals surface area (Å²) in [6.45, 7) is 3.32. The number of H-pyrrole nitrogens is 1. The lowest BCUT2D eigenvalue weighted by Gasteiger charge is -1.93. The minimum Gasteiger partial charge on any atom is -0.375 e. The van der Waals surface area contributed by atoms with Crippen molar-refractivity contribution in [2.24, 2.45) is 0 Å². The van der Waals surface area contributed by atoms with Crippen LogP contribution in [0, 0.1) is 0 Å². The van der Waals surface area contributed by atoms with E-state index in [1.54, 1.807) is 6.20 Å². The molecular formula is C6H10N2O. The molecule has 0 unspecified atom stereocenters. The van der Waals surface area contributed by atoms with E-state index in [4.69, 9.17) is 4.74 Å².